The summed E-state index contributed by atoms with van der Waals surface area (Å²) in [6.07, 6.45) is -3.76. The van der Waals surface area contributed by atoms with Gasteiger partial charge < -0.3 is 18.8 Å². The number of carbonyl (C=O) groups excluding carboxylic acids is 1. The molecule has 3 rings (SSSR count). The molecule has 1 amide bonds. The number of likely N-dealkylation sites (tertiary alicyclic amines) is 1. The van der Waals surface area contributed by atoms with Gasteiger partial charge in [0.1, 0.15) is 11.5 Å². The summed E-state index contributed by atoms with van der Waals surface area (Å²) in [5.74, 6) is -0.735. The number of nitrogens with zero attached hydrogens (tertiary/aromatic N) is 3. The molecule has 0 aliphatic carbocycles. The minimum Gasteiger partial charge on any atom is -0.497 e. The van der Waals surface area contributed by atoms with Crippen LogP contribution in [0.25, 0.3) is 0 Å². The van der Waals surface area contributed by atoms with E-state index in [9.17, 15) is 18.0 Å². The molecule has 1 aromatic heterocycles. The van der Waals surface area contributed by atoms with Crippen LogP contribution in [-0.4, -0.2) is 47.8 Å². The summed E-state index contributed by atoms with van der Waals surface area (Å²) in [5.41, 5.74) is 0. The first-order chi connectivity index (χ1) is 12.9. The van der Waals surface area contributed by atoms with Crippen molar-refractivity contribution in [2.45, 2.75) is 24.9 Å². The monoisotopic (exact) mass is 385 g/mol. The average molecular weight is 385 g/mol. The van der Waals surface area contributed by atoms with Crippen molar-refractivity contribution in [2.75, 3.05) is 26.8 Å². The Labute approximate surface area is 153 Å². The number of hydrogen-bond acceptors (Lipinski definition) is 6. The third-order valence-corrected chi connectivity index (χ3v) is 4.28. The zero-order valence-electron chi connectivity index (χ0n) is 14.5. The van der Waals surface area contributed by atoms with Crippen LogP contribution in [0.5, 0.6) is 11.5 Å². The van der Waals surface area contributed by atoms with Gasteiger partial charge in [-0.25, -0.2) is 0 Å². The maximum Gasteiger partial charge on any atom is 0.470 e. The highest BCUT2D eigenvalue weighted by Crippen LogP contribution is 2.32. The summed E-state index contributed by atoms with van der Waals surface area (Å²) < 4.78 is 52.9. The third kappa shape index (κ3) is 4.69. The van der Waals surface area contributed by atoms with Crippen LogP contribution in [0, 0.1) is 0 Å². The van der Waals surface area contributed by atoms with Crippen molar-refractivity contribution in [3.8, 4) is 11.5 Å². The topological polar surface area (TPSA) is 77.7 Å². The molecule has 146 valence electrons. The first kappa shape index (κ1) is 19.0. The Bertz CT molecular complexity index is 786. The van der Waals surface area contributed by atoms with Crippen molar-refractivity contribution in [1.82, 2.24) is 15.1 Å². The molecule has 0 atom stereocenters. The highest BCUT2D eigenvalue weighted by Gasteiger charge is 2.39. The van der Waals surface area contributed by atoms with Gasteiger partial charge in [-0.1, -0.05) is 6.07 Å². The van der Waals surface area contributed by atoms with Crippen molar-refractivity contribution in [3.05, 3.63) is 36.0 Å². The lowest BCUT2D eigenvalue weighted by atomic mass is 9.97. The lowest BCUT2D eigenvalue weighted by Gasteiger charge is -2.30. The van der Waals surface area contributed by atoms with Crippen LogP contribution >= 0.6 is 0 Å². The predicted octanol–water partition coefficient (Wildman–Crippen LogP) is 2.88. The highest BCUT2D eigenvalue weighted by atomic mass is 19.4. The van der Waals surface area contributed by atoms with E-state index in [1.54, 1.807) is 29.2 Å². The first-order valence-corrected chi connectivity index (χ1v) is 8.32. The molecule has 1 fully saturated rings. The summed E-state index contributed by atoms with van der Waals surface area (Å²) in [4.78, 5) is 13.9. The minimum atomic E-state index is -4.65. The fraction of sp³-hybridized carbons (Fsp3) is 0.471. The fourth-order valence-electron chi connectivity index (χ4n) is 2.82. The number of aromatic nitrogens is 2. The number of carbonyl (C=O) groups is 1. The molecule has 0 bridgehead atoms. The normalized spacial score (nSPS) is 15.6. The molecule has 1 aromatic carbocycles. The molecule has 2 aromatic rings. The molecule has 27 heavy (non-hydrogen) atoms. The Morgan fingerprint density at radius 1 is 1.26 bits per heavy atom. The first-order valence-electron chi connectivity index (χ1n) is 8.32. The molecular weight excluding hydrogens is 367 g/mol. The van der Waals surface area contributed by atoms with Gasteiger partial charge in [-0.3, -0.25) is 4.79 Å². The van der Waals surface area contributed by atoms with Crippen LogP contribution in [0.2, 0.25) is 0 Å². The van der Waals surface area contributed by atoms with E-state index in [2.05, 4.69) is 10.2 Å². The maximum atomic E-state index is 12.5. The largest absolute Gasteiger partial charge is 0.497 e. The van der Waals surface area contributed by atoms with E-state index in [4.69, 9.17) is 13.9 Å². The Kier molecular flexibility index (Phi) is 5.52. The second-order valence-electron chi connectivity index (χ2n) is 6.07. The van der Waals surface area contributed by atoms with E-state index >= 15 is 0 Å². The molecule has 0 unspecified atom stereocenters. The summed E-state index contributed by atoms with van der Waals surface area (Å²) in [5, 5.41) is 6.53. The summed E-state index contributed by atoms with van der Waals surface area (Å²) >= 11 is 0. The number of amides is 1. The smallest absolute Gasteiger partial charge is 0.470 e. The zero-order valence-corrected chi connectivity index (χ0v) is 14.5. The molecule has 1 aliphatic heterocycles. The molecule has 1 aliphatic rings. The predicted molar refractivity (Wildman–Crippen MR) is 86.3 cm³/mol. The van der Waals surface area contributed by atoms with E-state index in [-0.39, 0.29) is 24.3 Å². The number of ether oxygens (including phenoxy) is 2. The second kappa shape index (κ2) is 7.85. The molecule has 0 N–H and O–H groups in total. The van der Waals surface area contributed by atoms with Crippen LogP contribution < -0.4 is 9.47 Å². The molecule has 0 saturated carbocycles. The van der Waals surface area contributed by atoms with Gasteiger partial charge in [0, 0.05) is 25.1 Å². The lowest BCUT2D eigenvalue weighted by molar-refractivity contribution is -0.157. The SMILES string of the molecule is COc1cccc(OCC(=O)N2CCC(c3nnc(C(F)(F)F)o3)CC2)c1. The third-order valence-electron chi connectivity index (χ3n) is 4.28. The van der Waals surface area contributed by atoms with Crippen LogP contribution in [0.1, 0.15) is 30.5 Å². The van der Waals surface area contributed by atoms with Gasteiger partial charge in [0.25, 0.3) is 5.91 Å². The summed E-state index contributed by atoms with van der Waals surface area (Å²) in [7, 11) is 1.54. The van der Waals surface area contributed by atoms with E-state index < -0.39 is 12.1 Å². The van der Waals surface area contributed by atoms with Crippen LogP contribution in [0.15, 0.2) is 28.7 Å². The van der Waals surface area contributed by atoms with E-state index in [1.165, 1.54) is 7.11 Å². The lowest BCUT2D eigenvalue weighted by Crippen LogP contribution is -2.40. The van der Waals surface area contributed by atoms with Crippen molar-refractivity contribution in [2.24, 2.45) is 0 Å². The highest BCUT2D eigenvalue weighted by molar-refractivity contribution is 5.77. The Morgan fingerprint density at radius 3 is 2.59 bits per heavy atom. The van der Waals surface area contributed by atoms with E-state index in [0.717, 1.165) is 0 Å². The fourth-order valence-corrected chi connectivity index (χ4v) is 2.82. The van der Waals surface area contributed by atoms with Gasteiger partial charge in [-0.15, -0.1) is 10.2 Å². The molecule has 1 saturated heterocycles. The zero-order chi connectivity index (χ0) is 19.4. The molecular formula is C17H18F3N3O4. The standard InChI is InChI=1S/C17H18F3N3O4/c1-25-12-3-2-4-13(9-12)26-10-14(24)23-7-5-11(6-8-23)15-21-22-16(27-15)17(18,19)20/h2-4,9,11H,5-8,10H2,1H3. The van der Waals surface area contributed by atoms with Crippen LogP contribution in [-0.2, 0) is 11.0 Å². The molecule has 0 spiro atoms. The maximum absolute atomic E-state index is 12.5. The van der Waals surface area contributed by atoms with Gasteiger partial charge in [-0.2, -0.15) is 13.2 Å². The Morgan fingerprint density at radius 2 is 1.96 bits per heavy atom. The van der Waals surface area contributed by atoms with Gasteiger partial charge in [0.05, 0.1) is 7.11 Å². The number of alkyl halides is 3. The summed E-state index contributed by atoms with van der Waals surface area (Å²) in [6, 6.07) is 6.91. The van der Waals surface area contributed by atoms with Gasteiger partial charge in [0.2, 0.25) is 5.89 Å². The van der Waals surface area contributed by atoms with Crippen molar-refractivity contribution in [1.29, 1.82) is 0 Å². The van der Waals surface area contributed by atoms with Crippen LogP contribution in [0.3, 0.4) is 0 Å². The number of rotatable bonds is 5. The molecule has 2 heterocycles. The quantitative estimate of drug-likeness (QED) is 0.788. The molecule has 10 heteroatoms. The van der Waals surface area contributed by atoms with E-state index in [0.29, 0.717) is 37.4 Å². The van der Waals surface area contributed by atoms with Crippen molar-refractivity contribution in [3.63, 3.8) is 0 Å². The minimum absolute atomic E-state index is 0.0398. The van der Waals surface area contributed by atoms with Gasteiger partial charge in [0.15, 0.2) is 6.61 Å². The number of benzene rings is 1. The van der Waals surface area contributed by atoms with Gasteiger partial charge >= 0.3 is 12.1 Å². The molecule has 0 radical (unpaired) electrons. The second-order valence-corrected chi connectivity index (χ2v) is 6.07. The number of methoxy groups -OCH3 is 1. The average Bonchev–Trinajstić information content (AvgIpc) is 3.17. The Balaban J connectivity index is 1.49. The summed E-state index contributed by atoms with van der Waals surface area (Å²) in [6.45, 7) is 0.639. The van der Waals surface area contributed by atoms with Crippen molar-refractivity contribution < 1.29 is 31.9 Å². The van der Waals surface area contributed by atoms with Gasteiger partial charge in [-0.05, 0) is 25.0 Å². The number of halogens is 3. The van der Waals surface area contributed by atoms with E-state index in [1.807, 2.05) is 0 Å². The van der Waals surface area contributed by atoms with Crippen LogP contribution in [0.4, 0.5) is 13.2 Å². The Hall–Kier alpha value is -2.78. The number of piperidine rings is 1. The number of hydrogen-bond donors (Lipinski definition) is 0. The van der Waals surface area contributed by atoms with Crippen molar-refractivity contribution >= 4 is 5.91 Å². The molecule has 7 nitrogen and oxygen atoms in total.